The maximum Gasteiger partial charge on any atom is 0.224 e. The number of hydrogen-bond acceptors (Lipinski definition) is 2. The normalized spacial score (nSPS) is 19.8. The molecule has 0 saturated carbocycles. The Balaban J connectivity index is 0.00000200. The molecule has 1 saturated heterocycles. The molecule has 0 spiro atoms. The molecule has 0 aromatic heterocycles. The van der Waals surface area contributed by atoms with Crippen LogP contribution in [0, 0.1) is 5.92 Å². The first kappa shape index (κ1) is 17.5. The zero-order chi connectivity index (χ0) is 13.7. The molecule has 1 aromatic rings. The number of hydrogen-bond donors (Lipinski definition) is 2. The predicted octanol–water partition coefficient (Wildman–Crippen LogP) is 2.92. The Bertz CT molecular complexity index is 436. The number of nitrogens with one attached hydrogen (secondary N) is 2. The number of piperidine rings is 1. The minimum absolute atomic E-state index is 0. The molecule has 2 rings (SSSR count). The van der Waals surface area contributed by atoms with E-state index in [1.807, 2.05) is 12.1 Å². The third-order valence-corrected chi connectivity index (χ3v) is 3.98. The molecule has 0 aliphatic carbocycles. The van der Waals surface area contributed by atoms with Gasteiger partial charge in [-0.25, -0.2) is 0 Å². The summed E-state index contributed by atoms with van der Waals surface area (Å²) >= 11 is 3.47. The fraction of sp³-hybridized carbons (Fsp3) is 0.533. The third-order valence-electron chi connectivity index (χ3n) is 3.49. The number of benzene rings is 1. The standard InChI is InChI=1S/C15H21BrN2O.ClH/c1-11(8-12-4-2-6-14(16)9-12)18-15(19)13-5-3-7-17-10-13;/h2,4,6,9,11,13,17H,3,5,7-8,10H2,1H3,(H,18,19);1H. The topological polar surface area (TPSA) is 41.1 Å². The SMILES string of the molecule is CC(Cc1cccc(Br)c1)NC(=O)C1CCCNC1.Cl. The second-order valence-corrected chi connectivity index (χ2v) is 6.20. The van der Waals surface area contributed by atoms with Gasteiger partial charge in [0.15, 0.2) is 0 Å². The summed E-state index contributed by atoms with van der Waals surface area (Å²) in [7, 11) is 0. The number of carbonyl (C=O) groups excluding carboxylic acids is 1. The first-order valence-corrected chi connectivity index (χ1v) is 7.70. The lowest BCUT2D eigenvalue weighted by atomic mass is 9.98. The maximum absolute atomic E-state index is 12.1. The quantitative estimate of drug-likeness (QED) is 0.866. The molecule has 20 heavy (non-hydrogen) atoms. The Morgan fingerprint density at radius 3 is 3.00 bits per heavy atom. The second-order valence-electron chi connectivity index (χ2n) is 5.29. The van der Waals surface area contributed by atoms with Crippen LogP contribution in [0.4, 0.5) is 0 Å². The van der Waals surface area contributed by atoms with E-state index in [9.17, 15) is 4.79 Å². The average molecular weight is 362 g/mol. The van der Waals surface area contributed by atoms with Gasteiger partial charge in [0.1, 0.15) is 0 Å². The molecule has 2 unspecified atom stereocenters. The van der Waals surface area contributed by atoms with E-state index in [1.54, 1.807) is 0 Å². The summed E-state index contributed by atoms with van der Waals surface area (Å²) < 4.78 is 1.08. The summed E-state index contributed by atoms with van der Waals surface area (Å²) in [5.41, 5.74) is 1.24. The number of halogens is 2. The number of amides is 1. The van der Waals surface area contributed by atoms with Gasteiger partial charge in [0, 0.05) is 17.1 Å². The van der Waals surface area contributed by atoms with Crippen LogP contribution in [0.25, 0.3) is 0 Å². The first-order chi connectivity index (χ1) is 9.15. The van der Waals surface area contributed by atoms with E-state index < -0.39 is 0 Å². The largest absolute Gasteiger partial charge is 0.353 e. The summed E-state index contributed by atoms with van der Waals surface area (Å²) in [5, 5.41) is 6.40. The van der Waals surface area contributed by atoms with Crippen molar-refractivity contribution in [2.24, 2.45) is 5.92 Å². The highest BCUT2D eigenvalue weighted by Gasteiger charge is 2.21. The van der Waals surface area contributed by atoms with E-state index >= 15 is 0 Å². The second kappa shape index (κ2) is 8.65. The maximum atomic E-state index is 12.1. The Morgan fingerprint density at radius 1 is 1.55 bits per heavy atom. The molecule has 1 aliphatic heterocycles. The van der Waals surface area contributed by atoms with E-state index in [4.69, 9.17) is 0 Å². The zero-order valence-corrected chi connectivity index (χ0v) is 14.1. The molecule has 0 bridgehead atoms. The van der Waals surface area contributed by atoms with Crippen LogP contribution in [0.1, 0.15) is 25.3 Å². The summed E-state index contributed by atoms with van der Waals surface area (Å²) in [5.74, 6) is 0.327. The van der Waals surface area contributed by atoms with E-state index in [0.717, 1.165) is 36.8 Å². The zero-order valence-electron chi connectivity index (χ0n) is 11.7. The van der Waals surface area contributed by atoms with Gasteiger partial charge in [-0.15, -0.1) is 12.4 Å². The predicted molar refractivity (Wildman–Crippen MR) is 88.3 cm³/mol. The molecule has 1 heterocycles. The van der Waals surface area contributed by atoms with Crippen LogP contribution >= 0.6 is 28.3 Å². The first-order valence-electron chi connectivity index (χ1n) is 6.90. The monoisotopic (exact) mass is 360 g/mol. The minimum Gasteiger partial charge on any atom is -0.353 e. The Kier molecular flexibility index (Phi) is 7.56. The molecule has 5 heteroatoms. The molecule has 3 nitrogen and oxygen atoms in total. The van der Waals surface area contributed by atoms with Crippen molar-refractivity contribution in [3.63, 3.8) is 0 Å². The summed E-state index contributed by atoms with van der Waals surface area (Å²) in [6.07, 6.45) is 2.96. The van der Waals surface area contributed by atoms with Crippen molar-refractivity contribution in [2.45, 2.75) is 32.2 Å². The van der Waals surface area contributed by atoms with Crippen LogP contribution in [-0.2, 0) is 11.2 Å². The van der Waals surface area contributed by atoms with Gasteiger partial charge >= 0.3 is 0 Å². The summed E-state index contributed by atoms with van der Waals surface area (Å²) in [6.45, 7) is 3.92. The highest BCUT2D eigenvalue weighted by atomic mass is 79.9. The average Bonchev–Trinajstić information content (AvgIpc) is 2.39. The third kappa shape index (κ3) is 5.43. The number of carbonyl (C=O) groups is 1. The van der Waals surface area contributed by atoms with Gasteiger partial charge in [-0.2, -0.15) is 0 Å². The van der Waals surface area contributed by atoms with Crippen molar-refractivity contribution in [3.05, 3.63) is 34.3 Å². The molecule has 2 atom stereocenters. The van der Waals surface area contributed by atoms with E-state index in [1.165, 1.54) is 5.56 Å². The summed E-state index contributed by atoms with van der Waals surface area (Å²) in [4.78, 5) is 12.1. The van der Waals surface area contributed by atoms with Crippen LogP contribution in [0.5, 0.6) is 0 Å². The Hall–Kier alpha value is -0.580. The molecular formula is C15H22BrClN2O. The Labute approximate surface area is 135 Å². The van der Waals surface area contributed by atoms with Crippen molar-refractivity contribution in [1.29, 1.82) is 0 Å². The highest BCUT2D eigenvalue weighted by Crippen LogP contribution is 2.14. The number of rotatable bonds is 4. The molecule has 1 fully saturated rings. The fourth-order valence-corrected chi connectivity index (χ4v) is 2.95. The molecule has 1 amide bonds. The molecule has 2 N–H and O–H groups in total. The molecule has 1 aromatic carbocycles. The van der Waals surface area contributed by atoms with E-state index in [0.29, 0.717) is 0 Å². The van der Waals surface area contributed by atoms with Gasteiger partial charge < -0.3 is 10.6 Å². The lowest BCUT2D eigenvalue weighted by molar-refractivity contribution is -0.126. The van der Waals surface area contributed by atoms with Crippen LogP contribution in [0.2, 0.25) is 0 Å². The molecule has 112 valence electrons. The van der Waals surface area contributed by atoms with E-state index in [2.05, 4.69) is 45.6 Å². The van der Waals surface area contributed by atoms with Gasteiger partial charge in [0.05, 0.1) is 5.92 Å². The van der Waals surface area contributed by atoms with Gasteiger partial charge in [-0.3, -0.25) is 4.79 Å². The van der Waals surface area contributed by atoms with E-state index in [-0.39, 0.29) is 30.3 Å². The van der Waals surface area contributed by atoms with Crippen molar-refractivity contribution < 1.29 is 4.79 Å². The van der Waals surface area contributed by atoms with Crippen molar-refractivity contribution in [1.82, 2.24) is 10.6 Å². The van der Waals surface area contributed by atoms with Gasteiger partial charge in [-0.1, -0.05) is 28.1 Å². The lowest BCUT2D eigenvalue weighted by Crippen LogP contribution is -2.44. The van der Waals surface area contributed by atoms with Crippen LogP contribution in [-0.4, -0.2) is 25.0 Å². The lowest BCUT2D eigenvalue weighted by Gasteiger charge is -2.24. The highest BCUT2D eigenvalue weighted by molar-refractivity contribution is 9.10. The molecule has 0 radical (unpaired) electrons. The molecular weight excluding hydrogens is 340 g/mol. The fourth-order valence-electron chi connectivity index (χ4n) is 2.50. The minimum atomic E-state index is 0. The van der Waals surface area contributed by atoms with Crippen LogP contribution in [0.3, 0.4) is 0 Å². The van der Waals surface area contributed by atoms with Crippen LogP contribution < -0.4 is 10.6 Å². The summed E-state index contributed by atoms with van der Waals surface area (Å²) in [6, 6.07) is 8.41. The van der Waals surface area contributed by atoms with Crippen molar-refractivity contribution in [2.75, 3.05) is 13.1 Å². The van der Waals surface area contributed by atoms with Crippen molar-refractivity contribution in [3.8, 4) is 0 Å². The van der Waals surface area contributed by atoms with Crippen molar-refractivity contribution >= 4 is 34.2 Å². The van der Waals surface area contributed by atoms with Gasteiger partial charge in [0.25, 0.3) is 0 Å². The Morgan fingerprint density at radius 2 is 2.35 bits per heavy atom. The molecule has 1 aliphatic rings. The van der Waals surface area contributed by atoms with Crippen LogP contribution in [0.15, 0.2) is 28.7 Å². The smallest absolute Gasteiger partial charge is 0.224 e. The van der Waals surface area contributed by atoms with Gasteiger partial charge in [-0.05, 0) is 50.4 Å². The van der Waals surface area contributed by atoms with Gasteiger partial charge in [0.2, 0.25) is 5.91 Å².